The van der Waals surface area contributed by atoms with E-state index in [4.69, 9.17) is 0 Å². The van der Waals surface area contributed by atoms with Crippen molar-refractivity contribution in [2.24, 2.45) is 0 Å². The molecule has 0 radical (unpaired) electrons. The zero-order valence-electron chi connectivity index (χ0n) is 16.3. The Bertz CT molecular complexity index is 964. The second kappa shape index (κ2) is 9.42. The summed E-state index contributed by atoms with van der Waals surface area (Å²) >= 11 is 0. The van der Waals surface area contributed by atoms with Crippen molar-refractivity contribution < 1.29 is 31.5 Å². The number of amides is 2. The normalized spacial score (nSPS) is 16.9. The molecule has 166 valence electrons. The number of nitrogens with one attached hydrogen (secondary N) is 2. The largest absolute Gasteiger partial charge is 0.416 e. The number of halogens is 5. The molecule has 2 N–H and O–H groups in total. The molecule has 2 aromatic carbocycles. The molecule has 3 rings (SSSR count). The molecular weight excluding hydrogens is 421 g/mol. The summed E-state index contributed by atoms with van der Waals surface area (Å²) in [6.45, 7) is 0.922. The lowest BCUT2D eigenvalue weighted by Crippen LogP contribution is -2.43. The van der Waals surface area contributed by atoms with Crippen molar-refractivity contribution in [3.8, 4) is 0 Å². The molecule has 0 aliphatic carbocycles. The highest BCUT2D eigenvalue weighted by molar-refractivity contribution is 5.96. The van der Waals surface area contributed by atoms with Crippen LogP contribution in [0.25, 0.3) is 0 Å². The number of carbonyl (C=O) groups excluding carboxylic acids is 2. The van der Waals surface area contributed by atoms with Gasteiger partial charge in [-0.25, -0.2) is 8.78 Å². The molecular formula is C21H20F5N3O2. The summed E-state index contributed by atoms with van der Waals surface area (Å²) < 4.78 is 65.0. The predicted octanol–water partition coefficient (Wildman–Crippen LogP) is 3.10. The minimum atomic E-state index is -4.57. The third kappa shape index (κ3) is 6.24. The molecule has 0 aromatic heterocycles. The van der Waals surface area contributed by atoms with Crippen LogP contribution in [0.1, 0.15) is 27.9 Å². The van der Waals surface area contributed by atoms with E-state index in [1.165, 1.54) is 18.2 Å². The Morgan fingerprint density at radius 1 is 1.10 bits per heavy atom. The van der Waals surface area contributed by atoms with Crippen molar-refractivity contribution in [3.63, 3.8) is 0 Å². The van der Waals surface area contributed by atoms with Crippen LogP contribution in [-0.2, 0) is 17.5 Å². The van der Waals surface area contributed by atoms with Gasteiger partial charge >= 0.3 is 6.18 Å². The van der Waals surface area contributed by atoms with Crippen LogP contribution in [0.5, 0.6) is 0 Å². The van der Waals surface area contributed by atoms with Crippen LogP contribution in [0.3, 0.4) is 0 Å². The standard InChI is InChI=1S/C21H20F5N3O2/c22-16-5-4-14(18(23)9-16)11-29-7-6-17(12-29)28-19(30)10-27-20(31)13-2-1-3-15(8-13)21(24,25)26/h1-5,8-9,17H,6-7,10-12H2,(H,27,31)(H,28,30)/t17-/m1/s1. The molecule has 0 unspecified atom stereocenters. The molecule has 0 bridgehead atoms. The highest BCUT2D eigenvalue weighted by Gasteiger charge is 2.31. The molecule has 1 fully saturated rings. The second-order valence-electron chi connectivity index (χ2n) is 7.29. The molecule has 1 aliphatic heterocycles. The third-order valence-electron chi connectivity index (χ3n) is 4.91. The van der Waals surface area contributed by atoms with E-state index in [9.17, 15) is 31.5 Å². The molecule has 31 heavy (non-hydrogen) atoms. The number of nitrogens with zero attached hydrogens (tertiary/aromatic N) is 1. The molecule has 0 saturated carbocycles. The van der Waals surface area contributed by atoms with Gasteiger partial charge in [-0.2, -0.15) is 13.2 Å². The zero-order valence-corrected chi connectivity index (χ0v) is 16.3. The first kappa shape index (κ1) is 22.7. The van der Waals surface area contributed by atoms with Crippen LogP contribution in [0.4, 0.5) is 22.0 Å². The first-order chi connectivity index (χ1) is 14.6. The van der Waals surface area contributed by atoms with E-state index in [1.54, 1.807) is 0 Å². The molecule has 1 atom stereocenters. The average molecular weight is 441 g/mol. The van der Waals surface area contributed by atoms with Gasteiger partial charge in [-0.15, -0.1) is 0 Å². The van der Waals surface area contributed by atoms with E-state index in [-0.39, 0.29) is 18.2 Å². The maximum absolute atomic E-state index is 13.8. The molecule has 1 heterocycles. The number of hydrogen-bond donors (Lipinski definition) is 2. The molecule has 1 saturated heterocycles. The zero-order chi connectivity index (χ0) is 22.6. The van der Waals surface area contributed by atoms with Crippen molar-refractivity contribution >= 4 is 11.8 Å². The van der Waals surface area contributed by atoms with Gasteiger partial charge in [-0.05, 0) is 30.7 Å². The fourth-order valence-corrected chi connectivity index (χ4v) is 3.36. The number of likely N-dealkylation sites (tertiary alicyclic amines) is 1. The highest BCUT2D eigenvalue weighted by atomic mass is 19.4. The third-order valence-corrected chi connectivity index (χ3v) is 4.91. The quantitative estimate of drug-likeness (QED) is 0.678. The highest BCUT2D eigenvalue weighted by Crippen LogP contribution is 2.29. The summed E-state index contributed by atoms with van der Waals surface area (Å²) in [6.07, 6.45) is -3.96. The second-order valence-corrected chi connectivity index (χ2v) is 7.29. The Hall–Kier alpha value is -3.01. The van der Waals surface area contributed by atoms with E-state index < -0.39 is 41.7 Å². The Balaban J connectivity index is 1.45. The van der Waals surface area contributed by atoms with Gasteiger partial charge in [0.15, 0.2) is 0 Å². The van der Waals surface area contributed by atoms with Crippen LogP contribution in [0.2, 0.25) is 0 Å². The fraction of sp³-hybridized carbons (Fsp3) is 0.333. The van der Waals surface area contributed by atoms with Gasteiger partial charge in [0.1, 0.15) is 11.6 Å². The van der Waals surface area contributed by atoms with Crippen molar-refractivity contribution in [3.05, 3.63) is 70.8 Å². The number of carbonyl (C=O) groups is 2. The maximum atomic E-state index is 13.8. The number of alkyl halides is 3. The van der Waals surface area contributed by atoms with E-state index in [0.29, 0.717) is 25.1 Å². The molecule has 0 spiro atoms. The molecule has 10 heteroatoms. The van der Waals surface area contributed by atoms with Gasteiger partial charge in [0.05, 0.1) is 12.1 Å². The lowest BCUT2D eigenvalue weighted by molar-refractivity contribution is -0.137. The Morgan fingerprint density at radius 2 is 1.87 bits per heavy atom. The SMILES string of the molecule is O=C(CNC(=O)c1cccc(C(F)(F)F)c1)N[C@@H]1CCN(Cc2ccc(F)cc2F)C1. The van der Waals surface area contributed by atoms with Crippen molar-refractivity contribution in [2.75, 3.05) is 19.6 Å². The van der Waals surface area contributed by atoms with E-state index in [2.05, 4.69) is 10.6 Å². The van der Waals surface area contributed by atoms with Gasteiger partial charge in [-0.1, -0.05) is 12.1 Å². The summed E-state index contributed by atoms with van der Waals surface area (Å²) in [7, 11) is 0. The summed E-state index contributed by atoms with van der Waals surface area (Å²) in [6, 6.07) is 7.07. The van der Waals surface area contributed by atoms with Gasteiger partial charge in [0.25, 0.3) is 5.91 Å². The van der Waals surface area contributed by atoms with E-state index in [0.717, 1.165) is 24.3 Å². The summed E-state index contributed by atoms with van der Waals surface area (Å²) in [5.41, 5.74) is -0.800. The van der Waals surface area contributed by atoms with Crippen LogP contribution >= 0.6 is 0 Å². The van der Waals surface area contributed by atoms with Gasteiger partial charge in [0.2, 0.25) is 5.91 Å². The number of hydrogen-bond acceptors (Lipinski definition) is 3. The number of benzene rings is 2. The topological polar surface area (TPSA) is 61.4 Å². The molecule has 2 amide bonds. The lowest BCUT2D eigenvalue weighted by atomic mass is 10.1. The predicted molar refractivity (Wildman–Crippen MR) is 102 cm³/mol. The molecule has 2 aromatic rings. The Labute approximate surface area is 175 Å². The lowest BCUT2D eigenvalue weighted by Gasteiger charge is -2.17. The smallest absolute Gasteiger partial charge is 0.350 e. The van der Waals surface area contributed by atoms with Crippen molar-refractivity contribution in [1.82, 2.24) is 15.5 Å². The maximum Gasteiger partial charge on any atom is 0.416 e. The van der Waals surface area contributed by atoms with Crippen LogP contribution in [-0.4, -0.2) is 42.4 Å². The van der Waals surface area contributed by atoms with Crippen molar-refractivity contribution in [2.45, 2.75) is 25.2 Å². The van der Waals surface area contributed by atoms with Gasteiger partial charge in [-0.3, -0.25) is 14.5 Å². The first-order valence-corrected chi connectivity index (χ1v) is 9.53. The van der Waals surface area contributed by atoms with E-state index in [1.807, 2.05) is 4.90 Å². The summed E-state index contributed by atoms with van der Waals surface area (Å²) in [5, 5.41) is 5.03. The van der Waals surface area contributed by atoms with Crippen LogP contribution < -0.4 is 10.6 Å². The first-order valence-electron chi connectivity index (χ1n) is 9.53. The van der Waals surface area contributed by atoms with E-state index >= 15 is 0 Å². The van der Waals surface area contributed by atoms with Gasteiger partial charge < -0.3 is 10.6 Å². The molecule has 5 nitrogen and oxygen atoms in total. The Morgan fingerprint density at radius 3 is 2.58 bits per heavy atom. The molecule has 1 aliphatic rings. The monoisotopic (exact) mass is 441 g/mol. The average Bonchev–Trinajstić information content (AvgIpc) is 3.14. The minimum absolute atomic E-state index is 0.198. The summed E-state index contributed by atoms with van der Waals surface area (Å²) in [4.78, 5) is 26.0. The van der Waals surface area contributed by atoms with Crippen LogP contribution in [0.15, 0.2) is 42.5 Å². The van der Waals surface area contributed by atoms with Crippen LogP contribution in [0, 0.1) is 11.6 Å². The fourth-order valence-electron chi connectivity index (χ4n) is 3.36. The number of rotatable bonds is 6. The minimum Gasteiger partial charge on any atom is -0.350 e. The van der Waals surface area contributed by atoms with Crippen molar-refractivity contribution in [1.29, 1.82) is 0 Å². The Kier molecular flexibility index (Phi) is 6.89. The summed E-state index contributed by atoms with van der Waals surface area (Å²) in [5.74, 6) is -2.56. The van der Waals surface area contributed by atoms with Gasteiger partial charge in [0, 0.05) is 42.9 Å².